The number of aromatic nitrogens is 2. The van der Waals surface area contributed by atoms with Gasteiger partial charge in [0.1, 0.15) is 5.82 Å². The first-order chi connectivity index (χ1) is 8.22. The SMILES string of the molecule is CN(CCCCCO)CCCn1ccc(N)n1. The lowest BCUT2D eigenvalue weighted by Gasteiger charge is -2.16. The average Bonchev–Trinajstić information content (AvgIpc) is 2.71. The fraction of sp³-hybridized carbons (Fsp3) is 0.750. The first kappa shape index (κ1) is 14.0. The highest BCUT2D eigenvalue weighted by atomic mass is 16.2. The second-order valence-corrected chi connectivity index (χ2v) is 4.44. The number of hydrogen-bond donors (Lipinski definition) is 2. The average molecular weight is 240 g/mol. The number of unbranched alkanes of at least 4 members (excludes halogenated alkanes) is 2. The highest BCUT2D eigenvalue weighted by Gasteiger charge is 1.99. The third kappa shape index (κ3) is 6.28. The van der Waals surface area contributed by atoms with Crippen LogP contribution in [0.15, 0.2) is 12.3 Å². The largest absolute Gasteiger partial charge is 0.396 e. The number of aliphatic hydroxyl groups is 1. The minimum Gasteiger partial charge on any atom is -0.396 e. The van der Waals surface area contributed by atoms with Crippen LogP contribution in [0.4, 0.5) is 5.82 Å². The second kappa shape index (κ2) is 8.08. The molecule has 0 aliphatic rings. The normalized spacial score (nSPS) is 11.2. The molecular formula is C12H24N4O. The highest BCUT2D eigenvalue weighted by Crippen LogP contribution is 2.00. The fourth-order valence-corrected chi connectivity index (χ4v) is 1.79. The van der Waals surface area contributed by atoms with Gasteiger partial charge in [0.25, 0.3) is 0 Å². The number of nitrogen functional groups attached to an aromatic ring is 1. The fourth-order valence-electron chi connectivity index (χ4n) is 1.79. The summed E-state index contributed by atoms with van der Waals surface area (Å²) in [5, 5.41) is 12.8. The van der Waals surface area contributed by atoms with E-state index in [1.54, 1.807) is 0 Å². The monoisotopic (exact) mass is 240 g/mol. The van der Waals surface area contributed by atoms with Gasteiger partial charge in [0.05, 0.1) is 0 Å². The van der Waals surface area contributed by atoms with Crippen molar-refractivity contribution in [3.8, 4) is 0 Å². The Bertz CT molecular complexity index is 300. The van der Waals surface area contributed by atoms with Crippen LogP contribution in [-0.2, 0) is 6.54 Å². The van der Waals surface area contributed by atoms with Gasteiger partial charge in [-0.15, -0.1) is 0 Å². The Kier molecular flexibility index (Phi) is 6.65. The van der Waals surface area contributed by atoms with E-state index in [2.05, 4.69) is 17.0 Å². The summed E-state index contributed by atoms with van der Waals surface area (Å²) in [7, 11) is 2.14. The molecule has 1 heterocycles. The van der Waals surface area contributed by atoms with Crippen LogP contribution in [0.1, 0.15) is 25.7 Å². The van der Waals surface area contributed by atoms with Gasteiger partial charge in [-0.2, -0.15) is 5.10 Å². The molecule has 0 fully saturated rings. The number of rotatable bonds is 9. The van der Waals surface area contributed by atoms with Gasteiger partial charge < -0.3 is 15.7 Å². The summed E-state index contributed by atoms with van der Waals surface area (Å²) >= 11 is 0. The predicted octanol–water partition coefficient (Wildman–Crippen LogP) is 0.950. The molecule has 0 saturated heterocycles. The van der Waals surface area contributed by atoms with Gasteiger partial charge in [-0.25, -0.2) is 0 Å². The molecule has 0 aliphatic heterocycles. The van der Waals surface area contributed by atoms with Crippen LogP contribution in [0.2, 0.25) is 0 Å². The van der Waals surface area contributed by atoms with E-state index in [1.807, 2.05) is 16.9 Å². The second-order valence-electron chi connectivity index (χ2n) is 4.44. The Hall–Kier alpha value is -1.07. The Morgan fingerprint density at radius 3 is 2.71 bits per heavy atom. The van der Waals surface area contributed by atoms with Crippen LogP contribution in [0.3, 0.4) is 0 Å². The van der Waals surface area contributed by atoms with Crippen LogP contribution < -0.4 is 5.73 Å². The molecule has 3 N–H and O–H groups in total. The third-order valence-electron chi connectivity index (χ3n) is 2.79. The zero-order chi connectivity index (χ0) is 12.5. The van der Waals surface area contributed by atoms with E-state index >= 15 is 0 Å². The summed E-state index contributed by atoms with van der Waals surface area (Å²) in [6.45, 7) is 3.39. The number of anilines is 1. The summed E-state index contributed by atoms with van der Waals surface area (Å²) in [6, 6.07) is 1.82. The van der Waals surface area contributed by atoms with E-state index in [0.29, 0.717) is 12.4 Å². The molecular weight excluding hydrogens is 216 g/mol. The molecule has 5 heteroatoms. The Morgan fingerprint density at radius 2 is 2.06 bits per heavy atom. The number of nitrogens with two attached hydrogens (primary N) is 1. The van der Waals surface area contributed by atoms with Crippen molar-refractivity contribution >= 4 is 5.82 Å². The van der Waals surface area contributed by atoms with Crippen LogP contribution in [0.25, 0.3) is 0 Å². The minimum atomic E-state index is 0.310. The predicted molar refractivity (Wildman–Crippen MR) is 69.7 cm³/mol. The summed E-state index contributed by atoms with van der Waals surface area (Å²) < 4.78 is 1.88. The molecule has 0 saturated carbocycles. The van der Waals surface area contributed by atoms with E-state index in [4.69, 9.17) is 10.8 Å². The molecule has 0 bridgehead atoms. The lowest BCUT2D eigenvalue weighted by molar-refractivity contribution is 0.270. The van der Waals surface area contributed by atoms with Gasteiger partial charge in [-0.05, 0) is 51.9 Å². The maximum atomic E-state index is 8.67. The topological polar surface area (TPSA) is 67.3 Å². The van der Waals surface area contributed by atoms with Crippen LogP contribution in [-0.4, -0.2) is 46.5 Å². The van der Waals surface area contributed by atoms with Crippen LogP contribution >= 0.6 is 0 Å². The lowest BCUT2D eigenvalue weighted by Crippen LogP contribution is -2.22. The van der Waals surface area contributed by atoms with Crippen molar-refractivity contribution in [3.63, 3.8) is 0 Å². The molecule has 1 aromatic rings. The van der Waals surface area contributed by atoms with Gasteiger partial charge in [-0.3, -0.25) is 4.68 Å². The van der Waals surface area contributed by atoms with Gasteiger partial charge in [0.2, 0.25) is 0 Å². The van der Waals surface area contributed by atoms with Gasteiger partial charge in [0, 0.05) is 19.3 Å². The van der Waals surface area contributed by atoms with Crippen molar-refractivity contribution in [1.82, 2.24) is 14.7 Å². The molecule has 0 atom stereocenters. The standard InChI is InChI=1S/C12H24N4O/c1-15(7-3-2-4-11-17)8-5-9-16-10-6-12(13)14-16/h6,10,17H,2-5,7-9,11H2,1H3,(H2,13,14). The molecule has 1 aromatic heterocycles. The van der Waals surface area contributed by atoms with E-state index in [0.717, 1.165) is 45.3 Å². The van der Waals surface area contributed by atoms with Gasteiger partial charge in [0.15, 0.2) is 0 Å². The molecule has 0 spiro atoms. The summed E-state index contributed by atoms with van der Waals surface area (Å²) in [5.74, 6) is 0.586. The molecule has 5 nitrogen and oxygen atoms in total. The molecule has 0 unspecified atom stereocenters. The van der Waals surface area contributed by atoms with Crippen molar-refractivity contribution in [2.45, 2.75) is 32.2 Å². The number of nitrogens with zero attached hydrogens (tertiary/aromatic N) is 3. The Labute approximate surface area is 103 Å². The van der Waals surface area contributed by atoms with Gasteiger partial charge >= 0.3 is 0 Å². The lowest BCUT2D eigenvalue weighted by atomic mass is 10.2. The van der Waals surface area contributed by atoms with E-state index in [9.17, 15) is 0 Å². The van der Waals surface area contributed by atoms with E-state index < -0.39 is 0 Å². The zero-order valence-electron chi connectivity index (χ0n) is 10.7. The number of aryl methyl sites for hydroxylation is 1. The smallest absolute Gasteiger partial charge is 0.145 e. The number of hydrogen-bond acceptors (Lipinski definition) is 4. The van der Waals surface area contributed by atoms with Crippen LogP contribution in [0.5, 0.6) is 0 Å². The summed E-state index contributed by atoms with van der Waals surface area (Å²) in [4.78, 5) is 2.32. The summed E-state index contributed by atoms with van der Waals surface area (Å²) in [6.07, 6.45) is 6.18. The summed E-state index contributed by atoms with van der Waals surface area (Å²) in [5.41, 5.74) is 5.54. The quantitative estimate of drug-likeness (QED) is 0.631. The third-order valence-corrected chi connectivity index (χ3v) is 2.79. The van der Waals surface area contributed by atoms with Gasteiger partial charge in [-0.1, -0.05) is 0 Å². The van der Waals surface area contributed by atoms with Crippen molar-refractivity contribution in [1.29, 1.82) is 0 Å². The van der Waals surface area contributed by atoms with E-state index in [-0.39, 0.29) is 0 Å². The first-order valence-electron chi connectivity index (χ1n) is 6.30. The molecule has 1 rings (SSSR count). The molecule has 0 aromatic carbocycles. The van der Waals surface area contributed by atoms with Crippen molar-refractivity contribution < 1.29 is 5.11 Å². The highest BCUT2D eigenvalue weighted by molar-refractivity contribution is 5.23. The number of aliphatic hydroxyl groups excluding tert-OH is 1. The van der Waals surface area contributed by atoms with Crippen molar-refractivity contribution in [2.24, 2.45) is 0 Å². The van der Waals surface area contributed by atoms with Crippen molar-refractivity contribution in [3.05, 3.63) is 12.3 Å². The zero-order valence-corrected chi connectivity index (χ0v) is 10.7. The molecule has 0 radical (unpaired) electrons. The van der Waals surface area contributed by atoms with E-state index in [1.165, 1.54) is 0 Å². The maximum absolute atomic E-state index is 8.67. The first-order valence-corrected chi connectivity index (χ1v) is 6.30. The molecule has 0 aliphatic carbocycles. The minimum absolute atomic E-state index is 0.310. The van der Waals surface area contributed by atoms with Crippen molar-refractivity contribution in [2.75, 3.05) is 32.5 Å². The molecule has 98 valence electrons. The Balaban J connectivity index is 2.02. The molecule has 0 amide bonds. The van der Waals surface area contributed by atoms with Crippen LogP contribution in [0, 0.1) is 0 Å². The Morgan fingerprint density at radius 1 is 1.29 bits per heavy atom. The maximum Gasteiger partial charge on any atom is 0.145 e. The molecule has 17 heavy (non-hydrogen) atoms.